The number of pyridine rings is 1. The molecule has 3 aliphatic rings. The van der Waals surface area contributed by atoms with Crippen molar-refractivity contribution in [1.82, 2.24) is 15.2 Å². The van der Waals surface area contributed by atoms with Gasteiger partial charge in [-0.3, -0.25) is 9.78 Å². The van der Waals surface area contributed by atoms with E-state index in [0.29, 0.717) is 13.1 Å². The van der Waals surface area contributed by atoms with Crippen molar-refractivity contribution in [3.63, 3.8) is 0 Å². The van der Waals surface area contributed by atoms with Crippen molar-refractivity contribution in [1.29, 1.82) is 0 Å². The Bertz CT molecular complexity index is 1140. The van der Waals surface area contributed by atoms with Crippen LogP contribution >= 0.6 is 35.0 Å². The smallest absolute Gasteiger partial charge is 0.372 e. The van der Waals surface area contributed by atoms with Gasteiger partial charge in [0.05, 0.1) is 6.42 Å². The summed E-state index contributed by atoms with van der Waals surface area (Å²) in [5.74, 6) is 1.65. The van der Waals surface area contributed by atoms with E-state index in [1.54, 1.807) is 28.9 Å². The molecule has 1 aromatic heterocycles. The lowest BCUT2D eigenvalue weighted by atomic mass is 9.89. The van der Waals surface area contributed by atoms with Crippen LogP contribution in [0.15, 0.2) is 35.6 Å². The molecular formula is C21H17Cl2F3N4O2S. The third kappa shape index (κ3) is 4.13. The van der Waals surface area contributed by atoms with Crippen LogP contribution in [0.25, 0.3) is 0 Å². The number of oxime groups is 1. The molecule has 4 heterocycles. The van der Waals surface area contributed by atoms with Crippen molar-refractivity contribution in [2.45, 2.75) is 37.3 Å². The minimum atomic E-state index is -4.76. The highest BCUT2D eigenvalue weighted by Gasteiger charge is 2.63. The van der Waals surface area contributed by atoms with Crippen LogP contribution in [-0.2, 0) is 23.5 Å². The molecular weight excluding hydrogens is 500 g/mol. The van der Waals surface area contributed by atoms with Gasteiger partial charge in [-0.15, -0.1) is 0 Å². The van der Waals surface area contributed by atoms with Crippen LogP contribution in [0.3, 0.4) is 0 Å². The molecule has 3 aliphatic heterocycles. The molecule has 0 aliphatic carbocycles. The summed E-state index contributed by atoms with van der Waals surface area (Å²) in [5.41, 5.74) is -0.969. The maximum atomic E-state index is 14.2. The first-order valence-corrected chi connectivity index (χ1v) is 12.0. The Kier molecular flexibility index (Phi) is 5.65. The van der Waals surface area contributed by atoms with Gasteiger partial charge in [0, 0.05) is 52.4 Å². The molecule has 1 amide bonds. The fourth-order valence-corrected chi connectivity index (χ4v) is 5.18. The van der Waals surface area contributed by atoms with Crippen LogP contribution in [0.1, 0.15) is 33.6 Å². The Labute approximate surface area is 201 Å². The quantitative estimate of drug-likeness (QED) is 0.638. The van der Waals surface area contributed by atoms with Crippen LogP contribution in [0.5, 0.6) is 0 Å². The summed E-state index contributed by atoms with van der Waals surface area (Å²) >= 11 is 13.7. The molecule has 1 saturated heterocycles. The number of alkyl halides is 3. The summed E-state index contributed by atoms with van der Waals surface area (Å²) in [4.78, 5) is 23.4. The standard InChI is InChI=1S/C21H17Cl2F3N4O2S/c22-14-2-13(3-15(23)4-14)20(21(24,25)26)5-18(29-32-20)30-7-11-1-17(27-6-12(11)8-30)19(31)28-16-9-33-10-16/h1-4,6,16H,5,7-10H2,(H,28,31). The molecule has 0 radical (unpaired) electrons. The van der Waals surface area contributed by atoms with Gasteiger partial charge in [-0.1, -0.05) is 28.4 Å². The molecule has 1 fully saturated rings. The lowest BCUT2D eigenvalue weighted by Gasteiger charge is -2.30. The second-order valence-corrected chi connectivity index (χ2v) is 10.1. The molecule has 6 nitrogen and oxygen atoms in total. The largest absolute Gasteiger partial charge is 0.435 e. The molecule has 1 aromatic carbocycles. The van der Waals surface area contributed by atoms with Crippen molar-refractivity contribution in [3.8, 4) is 0 Å². The summed E-state index contributed by atoms with van der Waals surface area (Å²) in [7, 11) is 0. The highest BCUT2D eigenvalue weighted by Crippen LogP contribution is 2.49. The normalized spacial score (nSPS) is 22.5. The average molecular weight is 517 g/mol. The Morgan fingerprint density at radius 1 is 1.15 bits per heavy atom. The Hall–Kier alpha value is -2.17. The van der Waals surface area contributed by atoms with E-state index in [0.717, 1.165) is 22.6 Å². The summed E-state index contributed by atoms with van der Waals surface area (Å²) in [6.45, 7) is 0.611. The summed E-state index contributed by atoms with van der Waals surface area (Å²) in [6, 6.07) is 5.56. The second-order valence-electron chi connectivity index (χ2n) is 8.16. The predicted octanol–water partition coefficient (Wildman–Crippen LogP) is 4.74. The zero-order valence-corrected chi connectivity index (χ0v) is 19.3. The van der Waals surface area contributed by atoms with Crippen LogP contribution < -0.4 is 5.32 Å². The first-order chi connectivity index (χ1) is 15.6. The zero-order valence-electron chi connectivity index (χ0n) is 17.0. The van der Waals surface area contributed by atoms with Crippen molar-refractivity contribution in [2.75, 3.05) is 11.5 Å². The molecule has 0 saturated carbocycles. The van der Waals surface area contributed by atoms with Gasteiger partial charge < -0.3 is 15.1 Å². The number of aromatic nitrogens is 1. The number of fused-ring (bicyclic) bond motifs is 1. The molecule has 5 rings (SSSR count). The van der Waals surface area contributed by atoms with Gasteiger partial charge in [0.25, 0.3) is 11.5 Å². The van der Waals surface area contributed by atoms with E-state index in [1.165, 1.54) is 18.2 Å². The third-order valence-electron chi connectivity index (χ3n) is 5.88. The van der Waals surface area contributed by atoms with E-state index in [-0.39, 0.29) is 39.1 Å². The summed E-state index contributed by atoms with van der Waals surface area (Å²) in [6.07, 6.45) is -3.70. The zero-order chi connectivity index (χ0) is 23.4. The van der Waals surface area contributed by atoms with Crippen LogP contribution in [0, 0.1) is 0 Å². The van der Waals surface area contributed by atoms with Crippen molar-refractivity contribution in [3.05, 3.63) is 62.9 Å². The van der Waals surface area contributed by atoms with Crippen LogP contribution in [0.4, 0.5) is 13.2 Å². The predicted molar refractivity (Wildman–Crippen MR) is 119 cm³/mol. The number of amidine groups is 1. The van der Waals surface area contributed by atoms with Gasteiger partial charge in [-0.2, -0.15) is 24.9 Å². The molecule has 2 aromatic rings. The Balaban J connectivity index is 1.35. The topological polar surface area (TPSA) is 66.8 Å². The molecule has 1 N–H and O–H groups in total. The molecule has 1 unspecified atom stereocenters. The van der Waals surface area contributed by atoms with Crippen LogP contribution in [-0.4, -0.2) is 45.4 Å². The lowest BCUT2D eigenvalue weighted by molar-refractivity contribution is -0.275. The van der Waals surface area contributed by atoms with Gasteiger partial charge in [0.15, 0.2) is 0 Å². The molecule has 33 heavy (non-hydrogen) atoms. The SMILES string of the molecule is O=C(NC1CSC1)c1cc2c(cn1)CN(C1=NOC(c3cc(Cl)cc(Cl)c3)(C(F)(F)F)C1)C2. The highest BCUT2D eigenvalue weighted by atomic mass is 35.5. The van der Waals surface area contributed by atoms with Gasteiger partial charge in [0.2, 0.25) is 0 Å². The van der Waals surface area contributed by atoms with E-state index in [2.05, 4.69) is 15.5 Å². The van der Waals surface area contributed by atoms with E-state index in [9.17, 15) is 18.0 Å². The maximum Gasteiger partial charge on any atom is 0.435 e. The number of carbonyl (C=O) groups excluding carboxylic acids is 1. The van der Waals surface area contributed by atoms with Crippen LogP contribution in [0.2, 0.25) is 10.0 Å². The average Bonchev–Trinajstić information content (AvgIpc) is 3.34. The first kappa shape index (κ1) is 22.6. The lowest BCUT2D eigenvalue weighted by Crippen LogP contribution is -2.44. The minimum absolute atomic E-state index is 0.0733. The van der Waals surface area contributed by atoms with E-state index in [4.69, 9.17) is 28.0 Å². The van der Waals surface area contributed by atoms with Crippen molar-refractivity contribution in [2.24, 2.45) is 5.16 Å². The minimum Gasteiger partial charge on any atom is -0.372 e. The third-order valence-corrected chi connectivity index (χ3v) is 7.59. The van der Waals surface area contributed by atoms with Gasteiger partial charge in [-0.25, -0.2) is 0 Å². The van der Waals surface area contributed by atoms with Gasteiger partial charge >= 0.3 is 6.18 Å². The van der Waals surface area contributed by atoms with Crippen molar-refractivity contribution < 1.29 is 22.8 Å². The molecule has 1 atom stereocenters. The monoisotopic (exact) mass is 516 g/mol. The van der Waals surface area contributed by atoms with Crippen molar-refractivity contribution >= 4 is 46.7 Å². The van der Waals surface area contributed by atoms with E-state index >= 15 is 0 Å². The molecule has 174 valence electrons. The second kappa shape index (κ2) is 8.25. The fourth-order valence-electron chi connectivity index (χ4n) is 4.01. The number of rotatable bonds is 3. The number of benzene rings is 1. The number of nitrogens with one attached hydrogen (secondary N) is 1. The number of nitrogens with zero attached hydrogens (tertiary/aromatic N) is 3. The Morgan fingerprint density at radius 2 is 1.85 bits per heavy atom. The number of halogens is 5. The van der Waals surface area contributed by atoms with Gasteiger partial charge in [0.1, 0.15) is 11.5 Å². The fraction of sp³-hybridized carbons (Fsp3) is 0.381. The summed E-state index contributed by atoms with van der Waals surface area (Å²) in [5, 5.41) is 6.87. The number of carbonyl (C=O) groups is 1. The number of thioether (sulfide) groups is 1. The molecule has 12 heteroatoms. The first-order valence-electron chi connectivity index (χ1n) is 10.0. The number of hydrogen-bond donors (Lipinski definition) is 1. The Morgan fingerprint density at radius 3 is 2.48 bits per heavy atom. The number of amides is 1. The maximum absolute atomic E-state index is 14.2. The van der Waals surface area contributed by atoms with E-state index in [1.807, 2.05) is 0 Å². The van der Waals surface area contributed by atoms with Gasteiger partial charge in [-0.05, 0) is 35.4 Å². The highest BCUT2D eigenvalue weighted by molar-refractivity contribution is 8.00. The van der Waals surface area contributed by atoms with E-state index < -0.39 is 18.2 Å². The number of hydrogen-bond acceptors (Lipinski definition) is 6. The molecule has 0 bridgehead atoms. The summed E-state index contributed by atoms with van der Waals surface area (Å²) < 4.78 is 42.6. The molecule has 0 spiro atoms.